The number of halogens is 1. The van der Waals surface area contributed by atoms with Crippen LogP contribution in [-0.2, 0) is 6.54 Å². The molecule has 142 valence electrons. The fraction of sp³-hybridized carbons (Fsp3) is 0.158. The molecule has 3 aromatic heterocycles. The van der Waals surface area contributed by atoms with E-state index in [9.17, 15) is 4.39 Å². The van der Waals surface area contributed by atoms with E-state index in [1.54, 1.807) is 35.0 Å². The maximum absolute atomic E-state index is 14.1. The molecule has 8 nitrogen and oxygen atoms in total. The Morgan fingerprint density at radius 2 is 2.07 bits per heavy atom. The summed E-state index contributed by atoms with van der Waals surface area (Å²) in [5.74, 6) is 0.644. The maximum atomic E-state index is 14.1. The summed E-state index contributed by atoms with van der Waals surface area (Å²) in [5, 5.41) is 11.6. The molecule has 0 aliphatic rings. The minimum absolute atomic E-state index is 0.226. The van der Waals surface area contributed by atoms with Crippen LogP contribution in [0.15, 0.2) is 53.4 Å². The zero-order valence-corrected chi connectivity index (χ0v) is 15.1. The summed E-state index contributed by atoms with van der Waals surface area (Å²) in [5.41, 5.74) is 8.63. The Bertz CT molecular complexity index is 1090. The number of nitrogens with zero attached hydrogens (tertiary/aromatic N) is 5. The van der Waals surface area contributed by atoms with Gasteiger partial charge in [0.1, 0.15) is 23.5 Å². The molecule has 0 aliphatic heterocycles. The Labute approximate surface area is 160 Å². The number of rotatable bonds is 6. The lowest BCUT2D eigenvalue weighted by Gasteiger charge is -2.07. The van der Waals surface area contributed by atoms with Gasteiger partial charge in [0.15, 0.2) is 11.6 Å². The quantitative estimate of drug-likeness (QED) is 0.530. The average Bonchev–Trinajstić information content (AvgIpc) is 3.35. The van der Waals surface area contributed by atoms with Crippen LogP contribution in [0.2, 0.25) is 0 Å². The van der Waals surface area contributed by atoms with Crippen molar-refractivity contribution in [2.45, 2.75) is 13.5 Å². The number of benzene rings is 1. The molecular weight excluding hydrogens is 361 g/mol. The topological polar surface area (TPSA) is 108 Å². The standard InChI is InChI=1S/C19H18FN7O/c1-2-22-18-14(21)10-23-19(24-18)16-9-17(15-7-8-28-26-15)27(25-16)11-12-5-3-4-6-13(12)20/h3-10H,2,11,21H2,1H3,(H,22,23,24). The lowest BCUT2D eigenvalue weighted by molar-refractivity contribution is 0.421. The number of anilines is 2. The summed E-state index contributed by atoms with van der Waals surface area (Å²) in [4.78, 5) is 8.73. The number of hydrogen-bond acceptors (Lipinski definition) is 7. The second kappa shape index (κ2) is 7.47. The molecule has 0 saturated heterocycles. The minimum atomic E-state index is -0.302. The predicted octanol–water partition coefficient (Wildman–Crippen LogP) is 3.20. The molecule has 0 atom stereocenters. The highest BCUT2D eigenvalue weighted by atomic mass is 19.1. The Kier molecular flexibility index (Phi) is 4.71. The molecule has 4 rings (SSSR count). The Hall–Kier alpha value is -3.75. The summed E-state index contributed by atoms with van der Waals surface area (Å²) in [6.07, 6.45) is 3.00. The molecule has 0 amide bonds. The maximum Gasteiger partial charge on any atom is 0.182 e. The van der Waals surface area contributed by atoms with Crippen LogP contribution < -0.4 is 11.1 Å². The van der Waals surface area contributed by atoms with E-state index >= 15 is 0 Å². The second-order valence-corrected chi connectivity index (χ2v) is 6.08. The summed E-state index contributed by atoms with van der Waals surface area (Å²) >= 11 is 0. The van der Waals surface area contributed by atoms with Gasteiger partial charge in [-0.05, 0) is 19.1 Å². The van der Waals surface area contributed by atoms with Gasteiger partial charge in [-0.1, -0.05) is 23.4 Å². The molecule has 28 heavy (non-hydrogen) atoms. The Morgan fingerprint density at radius 3 is 2.82 bits per heavy atom. The van der Waals surface area contributed by atoms with Crippen molar-refractivity contribution in [3.63, 3.8) is 0 Å². The third-order valence-electron chi connectivity index (χ3n) is 4.15. The van der Waals surface area contributed by atoms with Crippen molar-refractivity contribution >= 4 is 11.5 Å². The van der Waals surface area contributed by atoms with Gasteiger partial charge in [0.2, 0.25) is 0 Å². The van der Waals surface area contributed by atoms with Crippen LogP contribution in [0.4, 0.5) is 15.9 Å². The fourth-order valence-corrected chi connectivity index (χ4v) is 2.81. The first-order valence-electron chi connectivity index (χ1n) is 8.74. The predicted molar refractivity (Wildman–Crippen MR) is 103 cm³/mol. The Balaban J connectivity index is 1.78. The zero-order chi connectivity index (χ0) is 19.5. The van der Waals surface area contributed by atoms with Gasteiger partial charge in [-0.3, -0.25) is 4.68 Å². The van der Waals surface area contributed by atoms with Crippen molar-refractivity contribution in [2.75, 3.05) is 17.6 Å². The van der Waals surface area contributed by atoms with Gasteiger partial charge in [0.05, 0.1) is 24.1 Å². The van der Waals surface area contributed by atoms with Gasteiger partial charge in [0, 0.05) is 18.2 Å². The van der Waals surface area contributed by atoms with Crippen molar-refractivity contribution in [1.82, 2.24) is 24.9 Å². The molecule has 9 heteroatoms. The van der Waals surface area contributed by atoms with E-state index in [4.69, 9.17) is 10.3 Å². The smallest absolute Gasteiger partial charge is 0.182 e. The molecule has 0 radical (unpaired) electrons. The number of nitrogens with one attached hydrogen (secondary N) is 1. The van der Waals surface area contributed by atoms with E-state index in [0.717, 1.165) is 0 Å². The average molecular weight is 379 g/mol. The number of nitrogen functional groups attached to an aromatic ring is 1. The van der Waals surface area contributed by atoms with Crippen molar-refractivity contribution in [3.8, 4) is 22.9 Å². The zero-order valence-electron chi connectivity index (χ0n) is 15.1. The van der Waals surface area contributed by atoms with E-state index in [0.29, 0.717) is 46.5 Å². The first-order chi connectivity index (χ1) is 13.7. The van der Waals surface area contributed by atoms with Crippen LogP contribution >= 0.6 is 0 Å². The monoisotopic (exact) mass is 379 g/mol. The first-order valence-corrected chi connectivity index (χ1v) is 8.74. The van der Waals surface area contributed by atoms with Crippen LogP contribution in [0.25, 0.3) is 22.9 Å². The SMILES string of the molecule is CCNc1nc(-c2cc(-c3ccon3)n(Cc3ccccc3F)n2)ncc1N. The van der Waals surface area contributed by atoms with Gasteiger partial charge in [-0.25, -0.2) is 14.4 Å². The third-order valence-corrected chi connectivity index (χ3v) is 4.15. The molecule has 0 fully saturated rings. The van der Waals surface area contributed by atoms with E-state index in [-0.39, 0.29) is 12.4 Å². The normalized spacial score (nSPS) is 10.9. The number of nitrogens with two attached hydrogens (primary N) is 1. The van der Waals surface area contributed by atoms with Crippen LogP contribution in [0, 0.1) is 5.82 Å². The van der Waals surface area contributed by atoms with E-state index < -0.39 is 0 Å². The third kappa shape index (κ3) is 3.41. The number of hydrogen-bond donors (Lipinski definition) is 2. The van der Waals surface area contributed by atoms with Crippen molar-refractivity contribution in [2.24, 2.45) is 0 Å². The summed E-state index contributed by atoms with van der Waals surface area (Å²) in [7, 11) is 0. The van der Waals surface area contributed by atoms with Gasteiger partial charge >= 0.3 is 0 Å². The van der Waals surface area contributed by atoms with Gasteiger partial charge in [0.25, 0.3) is 0 Å². The van der Waals surface area contributed by atoms with Crippen molar-refractivity contribution < 1.29 is 8.91 Å². The fourth-order valence-electron chi connectivity index (χ4n) is 2.81. The van der Waals surface area contributed by atoms with Crippen LogP contribution in [0.5, 0.6) is 0 Å². The van der Waals surface area contributed by atoms with E-state index in [2.05, 4.69) is 25.5 Å². The van der Waals surface area contributed by atoms with Crippen LogP contribution in [0.3, 0.4) is 0 Å². The highest BCUT2D eigenvalue weighted by Crippen LogP contribution is 2.26. The largest absolute Gasteiger partial charge is 0.394 e. The van der Waals surface area contributed by atoms with E-state index in [1.165, 1.54) is 18.5 Å². The summed E-state index contributed by atoms with van der Waals surface area (Å²) < 4.78 is 20.7. The van der Waals surface area contributed by atoms with Crippen molar-refractivity contribution in [1.29, 1.82) is 0 Å². The Morgan fingerprint density at radius 1 is 1.21 bits per heavy atom. The van der Waals surface area contributed by atoms with Gasteiger partial charge in [-0.15, -0.1) is 0 Å². The van der Waals surface area contributed by atoms with Crippen molar-refractivity contribution in [3.05, 3.63) is 60.2 Å². The van der Waals surface area contributed by atoms with Crippen LogP contribution in [0.1, 0.15) is 12.5 Å². The summed E-state index contributed by atoms with van der Waals surface area (Å²) in [6, 6.07) is 10.1. The molecule has 0 aliphatic carbocycles. The molecule has 0 unspecified atom stereocenters. The molecule has 1 aromatic carbocycles. The lowest BCUT2D eigenvalue weighted by Crippen LogP contribution is -2.07. The van der Waals surface area contributed by atoms with E-state index in [1.807, 2.05) is 6.92 Å². The molecule has 4 aromatic rings. The highest BCUT2D eigenvalue weighted by molar-refractivity contribution is 5.67. The molecule has 0 saturated carbocycles. The minimum Gasteiger partial charge on any atom is -0.394 e. The lowest BCUT2D eigenvalue weighted by atomic mass is 10.2. The number of aromatic nitrogens is 5. The van der Waals surface area contributed by atoms with Gasteiger partial charge < -0.3 is 15.6 Å². The van der Waals surface area contributed by atoms with Gasteiger partial charge in [-0.2, -0.15) is 5.10 Å². The van der Waals surface area contributed by atoms with Crippen LogP contribution in [-0.4, -0.2) is 31.4 Å². The molecule has 0 spiro atoms. The summed E-state index contributed by atoms with van der Waals surface area (Å²) in [6.45, 7) is 2.85. The molecule has 3 heterocycles. The first kappa shape index (κ1) is 17.7. The molecule has 3 N–H and O–H groups in total. The highest BCUT2D eigenvalue weighted by Gasteiger charge is 2.17. The molecular formula is C19H18FN7O. The second-order valence-electron chi connectivity index (χ2n) is 6.08. The molecule has 0 bridgehead atoms.